The van der Waals surface area contributed by atoms with Crippen LogP contribution in [0.4, 0.5) is 23.1 Å². The number of hydrogen-bond acceptors (Lipinski definition) is 8. The van der Waals surface area contributed by atoms with Gasteiger partial charge in [0.05, 0.1) is 16.5 Å². The Morgan fingerprint density at radius 2 is 1.65 bits per heavy atom. The van der Waals surface area contributed by atoms with Gasteiger partial charge in [0.1, 0.15) is 5.82 Å². The number of nitrogens with zero attached hydrogens (tertiary/aromatic N) is 4. The minimum absolute atomic E-state index is 0.0927. The lowest BCUT2D eigenvalue weighted by Gasteiger charge is -2.27. The number of nitrogens with one attached hydrogen (secondary N) is 3. The fourth-order valence-electron chi connectivity index (χ4n) is 3.13. The molecule has 3 aromatic rings. The van der Waals surface area contributed by atoms with Crippen molar-refractivity contribution in [3.63, 3.8) is 0 Å². The van der Waals surface area contributed by atoms with Crippen molar-refractivity contribution in [2.45, 2.75) is 4.90 Å². The van der Waals surface area contributed by atoms with Crippen molar-refractivity contribution in [2.75, 3.05) is 41.1 Å². The number of rotatable bonds is 6. The second kappa shape index (κ2) is 8.99. The van der Waals surface area contributed by atoms with Crippen molar-refractivity contribution in [1.29, 1.82) is 5.26 Å². The second-order valence-corrected chi connectivity index (χ2v) is 8.61. The van der Waals surface area contributed by atoms with Crippen molar-refractivity contribution in [2.24, 2.45) is 0 Å². The molecule has 2 heterocycles. The largest absolute Gasteiger partial charge is 0.340 e. The number of aromatic nitrogens is 2. The van der Waals surface area contributed by atoms with E-state index in [4.69, 9.17) is 5.26 Å². The third-order valence-electron chi connectivity index (χ3n) is 4.75. The Labute approximate surface area is 180 Å². The zero-order chi connectivity index (χ0) is 21.7. The van der Waals surface area contributed by atoms with E-state index in [9.17, 15) is 8.42 Å². The van der Waals surface area contributed by atoms with Gasteiger partial charge in [0, 0.05) is 43.8 Å². The Morgan fingerprint density at radius 1 is 0.968 bits per heavy atom. The molecule has 0 atom stereocenters. The van der Waals surface area contributed by atoms with E-state index in [1.807, 2.05) is 6.07 Å². The van der Waals surface area contributed by atoms with Crippen molar-refractivity contribution in [3.05, 3.63) is 66.4 Å². The van der Waals surface area contributed by atoms with Gasteiger partial charge in [-0.1, -0.05) is 0 Å². The van der Waals surface area contributed by atoms with Gasteiger partial charge in [0.25, 0.3) is 10.0 Å². The normalized spacial score (nSPS) is 14.0. The van der Waals surface area contributed by atoms with E-state index < -0.39 is 10.0 Å². The molecule has 1 aromatic heterocycles. The summed E-state index contributed by atoms with van der Waals surface area (Å²) in [5.41, 5.74) is 1.60. The van der Waals surface area contributed by atoms with E-state index in [1.165, 1.54) is 24.3 Å². The molecule has 9 nitrogen and oxygen atoms in total. The summed E-state index contributed by atoms with van der Waals surface area (Å²) in [5.74, 6) is 1.34. The lowest BCUT2D eigenvalue weighted by atomic mass is 10.2. The van der Waals surface area contributed by atoms with Gasteiger partial charge in [-0.2, -0.15) is 10.2 Å². The number of anilines is 4. The average molecular weight is 436 g/mol. The van der Waals surface area contributed by atoms with Crippen LogP contribution in [-0.4, -0.2) is 44.6 Å². The summed E-state index contributed by atoms with van der Waals surface area (Å²) in [6.07, 6.45) is 1.72. The quantitative estimate of drug-likeness (QED) is 0.539. The summed E-state index contributed by atoms with van der Waals surface area (Å²) in [4.78, 5) is 11.1. The predicted molar refractivity (Wildman–Crippen MR) is 119 cm³/mol. The molecule has 0 bridgehead atoms. The predicted octanol–water partition coefficient (Wildman–Crippen LogP) is 2.30. The molecule has 0 unspecified atom stereocenters. The molecule has 3 N–H and O–H groups in total. The molecule has 0 aliphatic carbocycles. The smallest absolute Gasteiger partial charge is 0.261 e. The van der Waals surface area contributed by atoms with E-state index in [1.54, 1.807) is 36.5 Å². The molecule has 1 aliphatic rings. The van der Waals surface area contributed by atoms with Crippen LogP contribution in [0, 0.1) is 11.3 Å². The third kappa shape index (κ3) is 5.09. The summed E-state index contributed by atoms with van der Waals surface area (Å²) < 4.78 is 27.6. The maximum Gasteiger partial charge on any atom is 0.261 e. The Hall–Kier alpha value is -3.68. The highest BCUT2D eigenvalue weighted by molar-refractivity contribution is 7.92. The summed E-state index contributed by atoms with van der Waals surface area (Å²) >= 11 is 0. The summed E-state index contributed by atoms with van der Waals surface area (Å²) in [6, 6.07) is 16.4. The highest BCUT2D eigenvalue weighted by Gasteiger charge is 2.15. The Bertz CT molecular complexity index is 1180. The Kier molecular flexibility index (Phi) is 5.97. The molecule has 10 heteroatoms. The first kappa shape index (κ1) is 20.6. The van der Waals surface area contributed by atoms with Crippen LogP contribution in [0.3, 0.4) is 0 Å². The van der Waals surface area contributed by atoms with Crippen LogP contribution < -0.4 is 20.3 Å². The first-order valence-electron chi connectivity index (χ1n) is 9.72. The lowest BCUT2D eigenvalue weighted by Crippen LogP contribution is -2.44. The SMILES string of the molecule is N#Cc1ccc(S(=O)(=O)Nc2ccc(Nc3ccnc(N4CCNCC4)n3)cc2)cc1. The van der Waals surface area contributed by atoms with Crippen LogP contribution in [0.5, 0.6) is 0 Å². The van der Waals surface area contributed by atoms with Gasteiger partial charge in [-0.05, 0) is 54.6 Å². The molecule has 4 rings (SSSR count). The van der Waals surface area contributed by atoms with Crippen LogP contribution in [-0.2, 0) is 10.0 Å². The molecule has 2 aromatic carbocycles. The molecule has 0 radical (unpaired) electrons. The van der Waals surface area contributed by atoms with Gasteiger partial charge >= 0.3 is 0 Å². The van der Waals surface area contributed by atoms with E-state index in [0.29, 0.717) is 23.0 Å². The van der Waals surface area contributed by atoms with Crippen LogP contribution in [0.2, 0.25) is 0 Å². The molecule has 1 saturated heterocycles. The van der Waals surface area contributed by atoms with Gasteiger partial charge in [0.15, 0.2) is 0 Å². The summed E-state index contributed by atoms with van der Waals surface area (Å²) in [6.45, 7) is 3.52. The molecular weight excluding hydrogens is 414 g/mol. The van der Waals surface area contributed by atoms with E-state index in [2.05, 4.69) is 30.2 Å². The van der Waals surface area contributed by atoms with Gasteiger partial charge in [0.2, 0.25) is 5.95 Å². The van der Waals surface area contributed by atoms with E-state index in [0.717, 1.165) is 31.9 Å². The first-order chi connectivity index (χ1) is 15.0. The Balaban J connectivity index is 1.43. The molecule has 31 heavy (non-hydrogen) atoms. The van der Waals surface area contributed by atoms with Crippen molar-refractivity contribution in [1.82, 2.24) is 15.3 Å². The van der Waals surface area contributed by atoms with Gasteiger partial charge in [-0.25, -0.2) is 13.4 Å². The zero-order valence-electron chi connectivity index (χ0n) is 16.6. The van der Waals surface area contributed by atoms with Crippen molar-refractivity contribution < 1.29 is 8.42 Å². The van der Waals surface area contributed by atoms with Crippen LogP contribution >= 0.6 is 0 Å². The third-order valence-corrected chi connectivity index (χ3v) is 6.14. The molecular formula is C21H21N7O2S. The number of piperazine rings is 1. The maximum atomic E-state index is 12.5. The number of nitriles is 1. The fraction of sp³-hybridized carbons (Fsp3) is 0.190. The first-order valence-corrected chi connectivity index (χ1v) is 11.2. The Morgan fingerprint density at radius 3 is 2.32 bits per heavy atom. The maximum absolute atomic E-state index is 12.5. The number of benzene rings is 2. The van der Waals surface area contributed by atoms with E-state index in [-0.39, 0.29) is 4.90 Å². The van der Waals surface area contributed by atoms with E-state index >= 15 is 0 Å². The second-order valence-electron chi connectivity index (χ2n) is 6.92. The van der Waals surface area contributed by atoms with Crippen LogP contribution in [0.1, 0.15) is 5.56 Å². The average Bonchev–Trinajstić information content (AvgIpc) is 2.81. The molecule has 1 aliphatic heterocycles. The minimum Gasteiger partial charge on any atom is -0.340 e. The van der Waals surface area contributed by atoms with Crippen molar-refractivity contribution in [3.8, 4) is 6.07 Å². The van der Waals surface area contributed by atoms with Crippen LogP contribution in [0.25, 0.3) is 0 Å². The summed E-state index contributed by atoms with van der Waals surface area (Å²) in [5, 5.41) is 15.4. The zero-order valence-corrected chi connectivity index (χ0v) is 17.4. The molecule has 1 fully saturated rings. The molecule has 158 valence electrons. The van der Waals surface area contributed by atoms with Gasteiger partial charge in [-0.15, -0.1) is 0 Å². The van der Waals surface area contributed by atoms with Gasteiger partial charge in [-0.3, -0.25) is 4.72 Å². The number of hydrogen-bond donors (Lipinski definition) is 3. The standard InChI is InChI=1S/C21H21N7O2S/c22-15-16-1-7-19(8-2-16)31(29,30)27-18-5-3-17(4-6-18)25-20-9-10-24-21(26-20)28-13-11-23-12-14-28/h1-10,23,27H,11-14H2,(H,24,25,26). The fourth-order valence-corrected chi connectivity index (χ4v) is 4.19. The highest BCUT2D eigenvalue weighted by Crippen LogP contribution is 2.21. The number of sulfonamides is 1. The molecule has 0 saturated carbocycles. The van der Waals surface area contributed by atoms with Crippen LogP contribution in [0.15, 0.2) is 65.7 Å². The lowest BCUT2D eigenvalue weighted by molar-refractivity contribution is 0.580. The van der Waals surface area contributed by atoms with Crippen molar-refractivity contribution >= 4 is 33.2 Å². The minimum atomic E-state index is -3.74. The highest BCUT2D eigenvalue weighted by atomic mass is 32.2. The topological polar surface area (TPSA) is 123 Å². The monoisotopic (exact) mass is 435 g/mol. The molecule has 0 amide bonds. The molecule has 0 spiro atoms. The summed E-state index contributed by atoms with van der Waals surface area (Å²) in [7, 11) is -3.74. The van der Waals surface area contributed by atoms with Gasteiger partial charge < -0.3 is 15.5 Å².